The number of carboxylic acids is 1. The van der Waals surface area contributed by atoms with E-state index in [1.165, 1.54) is 6.20 Å². The Hall–Kier alpha value is -2.41. The van der Waals surface area contributed by atoms with E-state index in [0.29, 0.717) is 11.6 Å². The minimum absolute atomic E-state index is 0.0696. The van der Waals surface area contributed by atoms with Gasteiger partial charge in [-0.15, -0.1) is 5.10 Å². The predicted molar refractivity (Wildman–Crippen MR) is 70.3 cm³/mol. The van der Waals surface area contributed by atoms with Crippen LogP contribution in [0.4, 0.5) is 0 Å². The van der Waals surface area contributed by atoms with Crippen LogP contribution in [0, 0.1) is 0 Å². The van der Waals surface area contributed by atoms with E-state index in [1.807, 2.05) is 0 Å². The third-order valence-corrected chi connectivity index (χ3v) is 2.69. The monoisotopic (exact) mass is 294 g/mol. The molecule has 7 nitrogen and oxygen atoms in total. The van der Waals surface area contributed by atoms with E-state index in [2.05, 4.69) is 15.6 Å². The molecule has 2 N–H and O–H groups in total. The highest BCUT2D eigenvalue weighted by Gasteiger charge is 2.11. The smallest absolute Gasteiger partial charge is 0.325 e. The van der Waals surface area contributed by atoms with E-state index in [1.54, 1.807) is 24.3 Å². The molecule has 0 aliphatic rings. The highest BCUT2D eigenvalue weighted by Crippen LogP contribution is 2.09. The van der Waals surface area contributed by atoms with Gasteiger partial charge in [0.05, 0.1) is 6.20 Å². The van der Waals surface area contributed by atoms with Crippen LogP contribution in [0.3, 0.4) is 0 Å². The summed E-state index contributed by atoms with van der Waals surface area (Å²) in [6.07, 6.45) is 1.28. The summed E-state index contributed by atoms with van der Waals surface area (Å²) in [4.78, 5) is 22.3. The molecule has 0 fully saturated rings. The molecule has 1 aromatic carbocycles. The Labute approximate surface area is 119 Å². The third kappa shape index (κ3) is 3.79. The van der Waals surface area contributed by atoms with Crippen molar-refractivity contribution >= 4 is 23.5 Å². The summed E-state index contributed by atoms with van der Waals surface area (Å²) in [6, 6.07) is 7.05. The fourth-order valence-corrected chi connectivity index (χ4v) is 1.62. The van der Waals surface area contributed by atoms with Gasteiger partial charge in [-0.25, -0.2) is 4.68 Å². The molecule has 0 spiro atoms. The second-order valence-corrected chi connectivity index (χ2v) is 4.44. The fourth-order valence-electron chi connectivity index (χ4n) is 1.49. The maximum absolute atomic E-state index is 11.8. The molecule has 0 saturated heterocycles. The van der Waals surface area contributed by atoms with Gasteiger partial charge in [0, 0.05) is 11.6 Å². The van der Waals surface area contributed by atoms with Crippen molar-refractivity contribution < 1.29 is 14.7 Å². The minimum Gasteiger partial charge on any atom is -0.480 e. The van der Waals surface area contributed by atoms with Crippen molar-refractivity contribution in [3.8, 4) is 0 Å². The predicted octanol–water partition coefficient (Wildman–Crippen LogP) is 0.946. The van der Waals surface area contributed by atoms with Crippen molar-refractivity contribution in [3.05, 3.63) is 46.7 Å². The molecule has 1 aromatic heterocycles. The average molecular weight is 295 g/mol. The number of carbonyl (C=O) groups excluding carboxylic acids is 1. The van der Waals surface area contributed by atoms with Gasteiger partial charge in [-0.2, -0.15) is 0 Å². The van der Waals surface area contributed by atoms with E-state index in [4.69, 9.17) is 16.7 Å². The van der Waals surface area contributed by atoms with Gasteiger partial charge in [-0.05, 0) is 17.7 Å². The number of halogens is 1. The van der Waals surface area contributed by atoms with Crippen LogP contribution in [-0.4, -0.2) is 32.0 Å². The van der Waals surface area contributed by atoms with Crippen LogP contribution in [0.1, 0.15) is 16.1 Å². The van der Waals surface area contributed by atoms with E-state index in [9.17, 15) is 9.59 Å². The molecule has 0 saturated carbocycles. The van der Waals surface area contributed by atoms with Crippen LogP contribution in [0.25, 0.3) is 0 Å². The normalized spacial score (nSPS) is 10.2. The molecule has 2 aromatic rings. The van der Waals surface area contributed by atoms with Crippen molar-refractivity contribution in [1.29, 1.82) is 0 Å². The molecule has 0 atom stereocenters. The number of nitrogens with zero attached hydrogens (tertiary/aromatic N) is 3. The molecular formula is C12H11ClN4O3. The number of hydrogen-bond donors (Lipinski definition) is 2. The number of hydrogen-bond acceptors (Lipinski definition) is 4. The highest BCUT2D eigenvalue weighted by atomic mass is 35.5. The third-order valence-electron chi connectivity index (χ3n) is 2.43. The molecule has 20 heavy (non-hydrogen) atoms. The summed E-state index contributed by atoms with van der Waals surface area (Å²) in [6.45, 7) is -0.0146. The molecule has 104 valence electrons. The maximum Gasteiger partial charge on any atom is 0.325 e. The lowest BCUT2D eigenvalue weighted by atomic mass is 10.2. The summed E-state index contributed by atoms with van der Waals surface area (Å²) < 4.78 is 1.08. The summed E-state index contributed by atoms with van der Waals surface area (Å²) in [7, 11) is 0. The first-order chi connectivity index (χ1) is 9.54. The van der Waals surface area contributed by atoms with E-state index < -0.39 is 11.9 Å². The van der Waals surface area contributed by atoms with Crippen molar-refractivity contribution in [3.63, 3.8) is 0 Å². The molecule has 0 bridgehead atoms. The van der Waals surface area contributed by atoms with Crippen molar-refractivity contribution in [2.75, 3.05) is 0 Å². The standard InChI is InChI=1S/C12H11ClN4O3/c13-9-3-1-8(2-4-9)5-14-12(20)10-6-17(16-15-10)7-11(18)19/h1-4,6H,5,7H2,(H,14,20)(H,18,19). The first-order valence-electron chi connectivity index (χ1n) is 5.69. The summed E-state index contributed by atoms with van der Waals surface area (Å²) in [5, 5.41) is 19.0. The van der Waals surface area contributed by atoms with Gasteiger partial charge in [0.1, 0.15) is 6.54 Å². The molecule has 8 heteroatoms. The Kier molecular flexibility index (Phi) is 4.31. The van der Waals surface area contributed by atoms with Gasteiger partial charge >= 0.3 is 5.97 Å². The molecule has 0 radical (unpaired) electrons. The number of benzene rings is 1. The summed E-state index contributed by atoms with van der Waals surface area (Å²) in [5.74, 6) is -1.47. The zero-order chi connectivity index (χ0) is 14.5. The number of carboxylic acid groups (broad SMARTS) is 1. The minimum atomic E-state index is -1.05. The largest absolute Gasteiger partial charge is 0.480 e. The number of rotatable bonds is 5. The molecular weight excluding hydrogens is 284 g/mol. The molecule has 2 rings (SSSR count). The Bertz CT molecular complexity index is 624. The Morgan fingerprint density at radius 3 is 2.65 bits per heavy atom. The Morgan fingerprint density at radius 2 is 2.00 bits per heavy atom. The molecule has 1 heterocycles. The maximum atomic E-state index is 11.8. The van der Waals surface area contributed by atoms with Gasteiger partial charge in [0.25, 0.3) is 5.91 Å². The second kappa shape index (κ2) is 6.16. The van der Waals surface area contributed by atoms with Crippen molar-refractivity contribution in [2.45, 2.75) is 13.1 Å². The van der Waals surface area contributed by atoms with Crippen LogP contribution in [0.5, 0.6) is 0 Å². The van der Waals surface area contributed by atoms with Gasteiger partial charge in [-0.3, -0.25) is 9.59 Å². The first-order valence-corrected chi connectivity index (χ1v) is 6.07. The number of carbonyl (C=O) groups is 2. The van der Waals surface area contributed by atoms with Crippen LogP contribution in [0.2, 0.25) is 5.02 Å². The zero-order valence-electron chi connectivity index (χ0n) is 10.3. The van der Waals surface area contributed by atoms with Crippen LogP contribution >= 0.6 is 11.6 Å². The SMILES string of the molecule is O=C(O)Cn1cc(C(=O)NCc2ccc(Cl)cc2)nn1. The van der Waals surface area contributed by atoms with E-state index >= 15 is 0 Å². The molecule has 0 aliphatic carbocycles. The van der Waals surface area contributed by atoms with Crippen molar-refractivity contribution in [1.82, 2.24) is 20.3 Å². The number of amides is 1. The van der Waals surface area contributed by atoms with E-state index in [0.717, 1.165) is 10.2 Å². The number of aliphatic carboxylic acids is 1. The number of aromatic nitrogens is 3. The van der Waals surface area contributed by atoms with Gasteiger partial charge in [0.2, 0.25) is 0 Å². The molecule has 0 unspecified atom stereocenters. The van der Waals surface area contributed by atoms with Gasteiger partial charge < -0.3 is 10.4 Å². The number of nitrogens with one attached hydrogen (secondary N) is 1. The molecule has 0 aliphatic heterocycles. The Morgan fingerprint density at radius 1 is 1.30 bits per heavy atom. The van der Waals surface area contributed by atoms with Crippen LogP contribution in [-0.2, 0) is 17.9 Å². The highest BCUT2D eigenvalue weighted by molar-refractivity contribution is 6.30. The van der Waals surface area contributed by atoms with Crippen molar-refractivity contribution in [2.24, 2.45) is 0 Å². The lowest BCUT2D eigenvalue weighted by Crippen LogP contribution is -2.23. The van der Waals surface area contributed by atoms with Crippen LogP contribution in [0.15, 0.2) is 30.5 Å². The molecule has 1 amide bonds. The average Bonchev–Trinajstić information content (AvgIpc) is 2.85. The Balaban J connectivity index is 1.93. The topological polar surface area (TPSA) is 97.1 Å². The second-order valence-electron chi connectivity index (χ2n) is 4.00. The summed E-state index contributed by atoms with van der Waals surface area (Å²) >= 11 is 5.76. The lowest BCUT2D eigenvalue weighted by Gasteiger charge is -2.03. The first kappa shape index (κ1) is 14.0. The fraction of sp³-hybridized carbons (Fsp3) is 0.167. The van der Waals surface area contributed by atoms with Gasteiger partial charge in [-0.1, -0.05) is 28.9 Å². The van der Waals surface area contributed by atoms with E-state index in [-0.39, 0.29) is 12.2 Å². The van der Waals surface area contributed by atoms with Gasteiger partial charge in [0.15, 0.2) is 5.69 Å². The quantitative estimate of drug-likeness (QED) is 0.855. The summed E-state index contributed by atoms with van der Waals surface area (Å²) in [5.41, 5.74) is 0.959. The lowest BCUT2D eigenvalue weighted by molar-refractivity contribution is -0.137. The van der Waals surface area contributed by atoms with Crippen LogP contribution < -0.4 is 5.32 Å². The zero-order valence-corrected chi connectivity index (χ0v) is 11.0.